The number of para-hydroxylation sites is 1. The zero-order valence-corrected chi connectivity index (χ0v) is 15.7. The van der Waals surface area contributed by atoms with E-state index < -0.39 is 0 Å². The van der Waals surface area contributed by atoms with Crippen LogP contribution in [0, 0.1) is 5.92 Å². The number of unbranched alkanes of at least 4 members (excludes halogenated alkanes) is 1. The molecule has 0 aliphatic heterocycles. The number of benzene rings is 1. The molecule has 25 heavy (non-hydrogen) atoms. The average Bonchev–Trinajstić information content (AvgIpc) is 3.46. The van der Waals surface area contributed by atoms with E-state index >= 15 is 0 Å². The van der Waals surface area contributed by atoms with Crippen molar-refractivity contribution in [3.63, 3.8) is 0 Å². The van der Waals surface area contributed by atoms with Crippen LogP contribution < -0.4 is 10.1 Å². The number of ether oxygens (including phenoxy) is 2. The summed E-state index contributed by atoms with van der Waals surface area (Å²) in [6.07, 6.45) is 4.71. The molecule has 0 amide bonds. The molecule has 1 saturated carbocycles. The quantitative estimate of drug-likeness (QED) is 0.358. The van der Waals surface area contributed by atoms with Crippen molar-refractivity contribution >= 4 is 5.96 Å². The highest BCUT2D eigenvalue weighted by Gasteiger charge is 2.21. The van der Waals surface area contributed by atoms with Gasteiger partial charge in [0.2, 0.25) is 0 Å². The minimum atomic E-state index is 0.737. The van der Waals surface area contributed by atoms with Crippen LogP contribution in [0.3, 0.4) is 0 Å². The third kappa shape index (κ3) is 8.77. The van der Waals surface area contributed by atoms with Crippen LogP contribution in [0.5, 0.6) is 5.75 Å². The summed E-state index contributed by atoms with van der Waals surface area (Å²) in [6.45, 7) is 7.08. The highest BCUT2D eigenvalue weighted by atomic mass is 16.5. The van der Waals surface area contributed by atoms with Gasteiger partial charge in [0.25, 0.3) is 0 Å². The Morgan fingerprint density at radius 1 is 1.20 bits per heavy atom. The number of nitrogens with one attached hydrogen (secondary N) is 1. The third-order valence-corrected chi connectivity index (χ3v) is 4.14. The van der Waals surface area contributed by atoms with Crippen molar-refractivity contribution in [2.45, 2.75) is 32.6 Å². The van der Waals surface area contributed by atoms with Crippen LogP contribution in [0.15, 0.2) is 35.3 Å². The molecule has 0 radical (unpaired) electrons. The minimum Gasteiger partial charge on any atom is -0.494 e. The Bertz CT molecular complexity index is 489. The van der Waals surface area contributed by atoms with Crippen molar-refractivity contribution in [2.24, 2.45) is 10.9 Å². The van der Waals surface area contributed by atoms with Gasteiger partial charge < -0.3 is 19.7 Å². The molecule has 140 valence electrons. The van der Waals surface area contributed by atoms with Gasteiger partial charge in [-0.15, -0.1) is 0 Å². The lowest BCUT2D eigenvalue weighted by molar-refractivity contribution is 0.115. The molecule has 5 nitrogen and oxygen atoms in total. The Kier molecular flexibility index (Phi) is 9.19. The maximum atomic E-state index is 5.72. The maximum Gasteiger partial charge on any atom is 0.193 e. The normalized spacial score (nSPS) is 14.4. The number of guanidine groups is 1. The van der Waals surface area contributed by atoms with Crippen molar-refractivity contribution in [1.82, 2.24) is 10.2 Å². The summed E-state index contributed by atoms with van der Waals surface area (Å²) in [6, 6.07) is 9.96. The molecule has 0 atom stereocenters. The van der Waals surface area contributed by atoms with Crippen molar-refractivity contribution in [1.29, 1.82) is 0 Å². The van der Waals surface area contributed by atoms with Crippen molar-refractivity contribution < 1.29 is 9.47 Å². The van der Waals surface area contributed by atoms with E-state index in [0.29, 0.717) is 0 Å². The molecule has 5 heteroatoms. The van der Waals surface area contributed by atoms with E-state index in [2.05, 4.69) is 24.2 Å². The number of nitrogens with zero attached hydrogens (tertiary/aromatic N) is 2. The Balaban J connectivity index is 1.58. The van der Waals surface area contributed by atoms with Crippen LogP contribution in [-0.4, -0.2) is 57.4 Å². The molecular weight excluding hydrogens is 314 g/mol. The van der Waals surface area contributed by atoms with E-state index in [9.17, 15) is 0 Å². The molecule has 1 fully saturated rings. The average molecular weight is 348 g/mol. The highest BCUT2D eigenvalue weighted by Crippen LogP contribution is 2.28. The third-order valence-electron chi connectivity index (χ3n) is 4.14. The molecular formula is C20H33N3O2. The Hall–Kier alpha value is -1.75. The first-order valence-electron chi connectivity index (χ1n) is 9.54. The number of hydrogen-bond donors (Lipinski definition) is 1. The summed E-state index contributed by atoms with van der Waals surface area (Å²) >= 11 is 0. The fraction of sp³-hybridized carbons (Fsp3) is 0.650. The van der Waals surface area contributed by atoms with Crippen LogP contribution in [0.2, 0.25) is 0 Å². The fourth-order valence-electron chi connectivity index (χ4n) is 2.42. The number of likely N-dealkylation sites (N-methyl/N-ethyl adjacent to an activating group) is 1. The lowest BCUT2D eigenvalue weighted by Gasteiger charge is -2.22. The molecule has 1 aliphatic carbocycles. The molecule has 2 rings (SSSR count). The summed E-state index contributed by atoms with van der Waals surface area (Å²) in [4.78, 5) is 6.85. The van der Waals surface area contributed by atoms with Gasteiger partial charge in [-0.1, -0.05) is 18.2 Å². The zero-order chi connectivity index (χ0) is 17.7. The van der Waals surface area contributed by atoms with Crippen LogP contribution in [0.4, 0.5) is 0 Å². The van der Waals surface area contributed by atoms with Crippen LogP contribution in [0.1, 0.15) is 32.6 Å². The lowest BCUT2D eigenvalue weighted by Crippen LogP contribution is -2.40. The SMILES string of the molecule is CCNC(=NCCCCOc1ccccc1)N(C)CCOCC1CC1. The van der Waals surface area contributed by atoms with Gasteiger partial charge in [0.15, 0.2) is 5.96 Å². The zero-order valence-electron chi connectivity index (χ0n) is 15.7. The summed E-state index contributed by atoms with van der Waals surface area (Å²) < 4.78 is 11.4. The van der Waals surface area contributed by atoms with Crippen molar-refractivity contribution in [2.75, 3.05) is 46.5 Å². The summed E-state index contributed by atoms with van der Waals surface area (Å²) in [5, 5.41) is 3.35. The van der Waals surface area contributed by atoms with Gasteiger partial charge in [-0.25, -0.2) is 0 Å². The van der Waals surface area contributed by atoms with E-state index in [1.807, 2.05) is 30.3 Å². The second kappa shape index (κ2) is 11.7. The van der Waals surface area contributed by atoms with Gasteiger partial charge in [-0.3, -0.25) is 4.99 Å². The largest absolute Gasteiger partial charge is 0.494 e. The number of aliphatic imine (C=N–C) groups is 1. The highest BCUT2D eigenvalue weighted by molar-refractivity contribution is 5.79. The molecule has 0 saturated heterocycles. The van der Waals surface area contributed by atoms with Crippen LogP contribution in [0.25, 0.3) is 0 Å². The Labute approximate surface area is 152 Å². The molecule has 1 aliphatic rings. The minimum absolute atomic E-state index is 0.737. The molecule has 0 aromatic heterocycles. The molecule has 1 aromatic rings. The predicted octanol–water partition coefficient (Wildman–Crippen LogP) is 3.17. The summed E-state index contributed by atoms with van der Waals surface area (Å²) in [5.41, 5.74) is 0. The predicted molar refractivity (Wildman–Crippen MR) is 103 cm³/mol. The van der Waals surface area contributed by atoms with Gasteiger partial charge in [0.1, 0.15) is 5.75 Å². The smallest absolute Gasteiger partial charge is 0.193 e. The van der Waals surface area contributed by atoms with Gasteiger partial charge >= 0.3 is 0 Å². The second-order valence-electron chi connectivity index (χ2n) is 6.54. The van der Waals surface area contributed by atoms with E-state index in [4.69, 9.17) is 14.5 Å². The lowest BCUT2D eigenvalue weighted by atomic mass is 10.3. The molecule has 0 bridgehead atoms. The van der Waals surface area contributed by atoms with E-state index in [1.165, 1.54) is 12.8 Å². The van der Waals surface area contributed by atoms with E-state index in [0.717, 1.165) is 69.9 Å². The van der Waals surface area contributed by atoms with Crippen molar-refractivity contribution in [3.05, 3.63) is 30.3 Å². The first kappa shape index (κ1) is 19.6. The first-order chi connectivity index (χ1) is 12.3. The van der Waals surface area contributed by atoms with Gasteiger partial charge in [0, 0.05) is 33.3 Å². The number of hydrogen-bond acceptors (Lipinski definition) is 3. The molecule has 1 N–H and O–H groups in total. The van der Waals surface area contributed by atoms with Crippen LogP contribution in [-0.2, 0) is 4.74 Å². The molecule has 0 spiro atoms. The van der Waals surface area contributed by atoms with Crippen molar-refractivity contribution in [3.8, 4) is 5.75 Å². The molecule has 1 aromatic carbocycles. The van der Waals surface area contributed by atoms with E-state index in [-0.39, 0.29) is 0 Å². The first-order valence-corrected chi connectivity index (χ1v) is 9.54. The molecule has 0 heterocycles. The summed E-state index contributed by atoms with van der Waals surface area (Å²) in [7, 11) is 2.07. The number of rotatable bonds is 12. The molecule has 0 unspecified atom stereocenters. The maximum absolute atomic E-state index is 5.72. The van der Waals surface area contributed by atoms with Gasteiger partial charge in [0.05, 0.1) is 13.2 Å². The van der Waals surface area contributed by atoms with E-state index in [1.54, 1.807) is 0 Å². The Morgan fingerprint density at radius 3 is 2.72 bits per heavy atom. The standard InChI is InChI=1S/C20H33N3O2/c1-3-21-20(23(2)14-16-24-17-18-11-12-18)22-13-7-8-15-25-19-9-5-4-6-10-19/h4-6,9-10,18H,3,7-8,11-17H2,1-2H3,(H,21,22). The van der Waals surface area contributed by atoms with Gasteiger partial charge in [-0.2, -0.15) is 0 Å². The van der Waals surface area contributed by atoms with Crippen LogP contribution >= 0.6 is 0 Å². The Morgan fingerprint density at radius 2 is 2.00 bits per heavy atom. The summed E-state index contributed by atoms with van der Waals surface area (Å²) in [5.74, 6) is 2.72. The topological polar surface area (TPSA) is 46.1 Å². The fourth-order valence-corrected chi connectivity index (χ4v) is 2.42. The monoisotopic (exact) mass is 347 g/mol. The second-order valence-corrected chi connectivity index (χ2v) is 6.54. The van der Waals surface area contributed by atoms with Gasteiger partial charge in [-0.05, 0) is 50.7 Å².